The summed E-state index contributed by atoms with van der Waals surface area (Å²) in [7, 11) is 1.86. The van der Waals surface area contributed by atoms with Crippen LogP contribution in [0.5, 0.6) is 0 Å². The van der Waals surface area contributed by atoms with E-state index in [0.717, 1.165) is 58.0 Å². The first-order valence-corrected chi connectivity index (χ1v) is 9.08. The first kappa shape index (κ1) is 16.9. The van der Waals surface area contributed by atoms with Crippen molar-refractivity contribution in [2.75, 3.05) is 20.1 Å². The van der Waals surface area contributed by atoms with Crippen molar-refractivity contribution in [2.45, 2.75) is 56.9 Å². The topological polar surface area (TPSA) is 53.5 Å². The lowest BCUT2D eigenvalue weighted by molar-refractivity contribution is -0.154. The molecular weight excluding hydrogens is 302 g/mol. The normalized spacial score (nSPS) is 24.0. The molecule has 2 fully saturated rings. The van der Waals surface area contributed by atoms with Crippen molar-refractivity contribution in [3.05, 3.63) is 30.1 Å². The number of carbonyl (C=O) groups is 2. The van der Waals surface area contributed by atoms with Gasteiger partial charge in [-0.25, -0.2) is 0 Å². The van der Waals surface area contributed by atoms with Crippen LogP contribution in [0.3, 0.4) is 0 Å². The summed E-state index contributed by atoms with van der Waals surface area (Å²) in [6.45, 7) is 1.55. The standard InChI is InChI=1S/C19H27N3O2/c1-21-13-5-10-19(18(21)24)11-6-14-22(19)17(23)9-3-2-7-16-8-4-12-20-15-16/h4,8,12,15H,2-3,5-7,9-11,13-14H2,1H3. The number of nitrogens with zero attached hydrogens (tertiary/aromatic N) is 3. The Kier molecular flexibility index (Phi) is 5.17. The number of aromatic nitrogens is 1. The number of likely N-dealkylation sites (N-methyl/N-ethyl adjacent to an activating group) is 1. The molecule has 24 heavy (non-hydrogen) atoms. The van der Waals surface area contributed by atoms with Gasteiger partial charge in [-0.05, 0) is 56.6 Å². The summed E-state index contributed by atoms with van der Waals surface area (Å²) in [6, 6.07) is 4.01. The predicted octanol–water partition coefficient (Wildman–Crippen LogP) is 2.41. The molecule has 1 unspecified atom stereocenters. The molecule has 0 saturated carbocycles. The van der Waals surface area contributed by atoms with Crippen LogP contribution in [0.1, 0.15) is 50.5 Å². The van der Waals surface area contributed by atoms with Gasteiger partial charge in [0.25, 0.3) is 0 Å². The van der Waals surface area contributed by atoms with Gasteiger partial charge in [-0.3, -0.25) is 14.6 Å². The van der Waals surface area contributed by atoms with E-state index in [9.17, 15) is 9.59 Å². The van der Waals surface area contributed by atoms with Crippen LogP contribution in [0.25, 0.3) is 0 Å². The fourth-order valence-corrected chi connectivity index (χ4v) is 4.18. The summed E-state index contributed by atoms with van der Waals surface area (Å²) in [5.41, 5.74) is 0.680. The predicted molar refractivity (Wildman–Crippen MR) is 92.3 cm³/mol. The van der Waals surface area contributed by atoms with Crippen LogP contribution in [-0.2, 0) is 16.0 Å². The van der Waals surface area contributed by atoms with E-state index in [2.05, 4.69) is 11.1 Å². The number of hydrogen-bond acceptors (Lipinski definition) is 3. The number of unbranched alkanes of at least 4 members (excludes halogenated alkanes) is 1. The average molecular weight is 329 g/mol. The van der Waals surface area contributed by atoms with E-state index in [-0.39, 0.29) is 11.8 Å². The lowest BCUT2D eigenvalue weighted by Gasteiger charge is -2.43. The number of amides is 2. The molecule has 2 aliphatic rings. The van der Waals surface area contributed by atoms with Crippen molar-refractivity contribution < 1.29 is 9.59 Å². The number of rotatable bonds is 5. The SMILES string of the molecule is CN1CCCC2(CCCN2C(=O)CCCCc2cccnc2)C1=O. The van der Waals surface area contributed by atoms with Crippen LogP contribution in [0.15, 0.2) is 24.5 Å². The van der Waals surface area contributed by atoms with Gasteiger partial charge in [0, 0.05) is 39.0 Å². The molecule has 5 heteroatoms. The second kappa shape index (κ2) is 7.32. The number of piperidine rings is 1. The second-order valence-electron chi connectivity index (χ2n) is 7.08. The Balaban J connectivity index is 1.53. The zero-order chi connectivity index (χ0) is 17.0. The van der Waals surface area contributed by atoms with E-state index in [1.54, 1.807) is 11.1 Å². The van der Waals surface area contributed by atoms with Crippen molar-refractivity contribution in [3.8, 4) is 0 Å². The highest BCUT2D eigenvalue weighted by molar-refractivity contribution is 5.92. The highest BCUT2D eigenvalue weighted by Crippen LogP contribution is 2.38. The fraction of sp³-hybridized carbons (Fsp3) is 0.632. The summed E-state index contributed by atoms with van der Waals surface area (Å²) >= 11 is 0. The van der Waals surface area contributed by atoms with Crippen LogP contribution in [0, 0.1) is 0 Å². The largest absolute Gasteiger partial charge is 0.344 e. The van der Waals surface area contributed by atoms with Crippen LogP contribution < -0.4 is 0 Å². The molecule has 1 aromatic heterocycles. The Labute approximate surface area is 144 Å². The monoisotopic (exact) mass is 329 g/mol. The zero-order valence-corrected chi connectivity index (χ0v) is 14.5. The van der Waals surface area contributed by atoms with Gasteiger partial charge in [0.1, 0.15) is 5.54 Å². The molecule has 130 valence electrons. The van der Waals surface area contributed by atoms with Crippen molar-refractivity contribution in [1.82, 2.24) is 14.8 Å². The number of carbonyl (C=O) groups excluding carboxylic acids is 2. The van der Waals surface area contributed by atoms with Crippen LogP contribution in [0.2, 0.25) is 0 Å². The lowest BCUT2D eigenvalue weighted by atomic mass is 9.85. The molecule has 3 heterocycles. The van der Waals surface area contributed by atoms with Gasteiger partial charge in [-0.2, -0.15) is 0 Å². The number of pyridine rings is 1. The lowest BCUT2D eigenvalue weighted by Crippen LogP contribution is -2.60. The smallest absolute Gasteiger partial charge is 0.248 e. The molecule has 2 aliphatic heterocycles. The summed E-state index contributed by atoms with van der Waals surface area (Å²) in [5.74, 6) is 0.303. The van der Waals surface area contributed by atoms with Crippen LogP contribution in [0.4, 0.5) is 0 Å². The molecular formula is C19H27N3O2. The molecule has 2 saturated heterocycles. The third kappa shape index (κ3) is 3.30. The highest BCUT2D eigenvalue weighted by atomic mass is 16.2. The molecule has 1 atom stereocenters. The Morgan fingerprint density at radius 3 is 2.79 bits per heavy atom. The molecule has 0 bridgehead atoms. The summed E-state index contributed by atoms with van der Waals surface area (Å²) in [4.78, 5) is 33.2. The minimum absolute atomic E-state index is 0.148. The Morgan fingerprint density at radius 2 is 2.04 bits per heavy atom. The van der Waals surface area contributed by atoms with Gasteiger partial charge < -0.3 is 9.80 Å². The molecule has 2 amide bonds. The van der Waals surface area contributed by atoms with E-state index in [4.69, 9.17) is 0 Å². The van der Waals surface area contributed by atoms with Gasteiger partial charge in [0.15, 0.2) is 0 Å². The first-order chi connectivity index (χ1) is 11.6. The molecule has 0 N–H and O–H groups in total. The van der Waals surface area contributed by atoms with Crippen LogP contribution >= 0.6 is 0 Å². The third-order valence-electron chi connectivity index (χ3n) is 5.45. The van der Waals surface area contributed by atoms with Gasteiger partial charge in [-0.1, -0.05) is 6.07 Å². The molecule has 5 nitrogen and oxygen atoms in total. The van der Waals surface area contributed by atoms with E-state index in [0.29, 0.717) is 6.42 Å². The van der Waals surface area contributed by atoms with Crippen molar-refractivity contribution in [2.24, 2.45) is 0 Å². The maximum atomic E-state index is 12.7. The highest BCUT2D eigenvalue weighted by Gasteiger charge is 2.51. The summed E-state index contributed by atoms with van der Waals surface area (Å²) in [6.07, 6.45) is 10.6. The van der Waals surface area contributed by atoms with Crippen molar-refractivity contribution in [1.29, 1.82) is 0 Å². The van der Waals surface area contributed by atoms with Crippen molar-refractivity contribution in [3.63, 3.8) is 0 Å². The summed E-state index contributed by atoms with van der Waals surface area (Å²) < 4.78 is 0. The molecule has 0 aliphatic carbocycles. The molecule has 0 radical (unpaired) electrons. The molecule has 0 aromatic carbocycles. The van der Waals surface area contributed by atoms with E-state index >= 15 is 0 Å². The van der Waals surface area contributed by atoms with E-state index in [1.165, 1.54) is 5.56 Å². The Bertz CT molecular complexity index is 590. The van der Waals surface area contributed by atoms with E-state index in [1.807, 2.05) is 24.2 Å². The number of aryl methyl sites for hydroxylation is 1. The van der Waals surface area contributed by atoms with Gasteiger partial charge in [-0.15, -0.1) is 0 Å². The molecule has 1 spiro atoms. The molecule has 1 aromatic rings. The number of likely N-dealkylation sites (tertiary alicyclic amines) is 2. The maximum Gasteiger partial charge on any atom is 0.248 e. The minimum Gasteiger partial charge on any atom is -0.344 e. The van der Waals surface area contributed by atoms with E-state index < -0.39 is 5.54 Å². The third-order valence-corrected chi connectivity index (χ3v) is 5.45. The Hall–Kier alpha value is -1.91. The quantitative estimate of drug-likeness (QED) is 0.780. The van der Waals surface area contributed by atoms with Gasteiger partial charge in [0.05, 0.1) is 0 Å². The summed E-state index contributed by atoms with van der Waals surface area (Å²) in [5, 5.41) is 0. The minimum atomic E-state index is -0.534. The number of hydrogen-bond donors (Lipinski definition) is 0. The average Bonchev–Trinajstić information content (AvgIpc) is 3.02. The van der Waals surface area contributed by atoms with Gasteiger partial charge in [0.2, 0.25) is 11.8 Å². The zero-order valence-electron chi connectivity index (χ0n) is 14.5. The first-order valence-electron chi connectivity index (χ1n) is 9.08. The molecule has 3 rings (SSSR count). The van der Waals surface area contributed by atoms with Crippen molar-refractivity contribution >= 4 is 11.8 Å². The van der Waals surface area contributed by atoms with Crippen LogP contribution in [-0.4, -0.2) is 52.3 Å². The second-order valence-corrected chi connectivity index (χ2v) is 7.08. The maximum absolute atomic E-state index is 12.7. The fourth-order valence-electron chi connectivity index (χ4n) is 4.18. The van der Waals surface area contributed by atoms with Gasteiger partial charge >= 0.3 is 0 Å². The Morgan fingerprint density at radius 1 is 1.25 bits per heavy atom.